The second kappa shape index (κ2) is 7.16. The normalized spacial score (nSPS) is 18.5. The zero-order chi connectivity index (χ0) is 19.0. The fourth-order valence-corrected chi connectivity index (χ4v) is 3.55. The first-order chi connectivity index (χ1) is 13.0. The number of para-hydroxylation sites is 1. The van der Waals surface area contributed by atoms with E-state index in [1.54, 1.807) is 0 Å². The number of hydrogen-bond acceptors (Lipinski definition) is 3. The standard InChI is InChI=1S/C21H21ClN4O/c1-12(2)19-24-20(26-25-19)14-8-4-6-10-18(14)23-21(27)16-11-15(16)13-7-3-5-9-17(13)22/h3-10,12,15-16H,11H2,1-2H3,(H,23,27)(H,24,25,26). The van der Waals surface area contributed by atoms with Crippen LogP contribution in [-0.2, 0) is 4.79 Å². The van der Waals surface area contributed by atoms with Crippen molar-refractivity contribution in [2.24, 2.45) is 5.92 Å². The Kier molecular flexibility index (Phi) is 4.70. The van der Waals surface area contributed by atoms with Crippen LogP contribution in [0.3, 0.4) is 0 Å². The lowest BCUT2D eigenvalue weighted by molar-refractivity contribution is -0.117. The molecule has 3 aromatic rings. The first-order valence-corrected chi connectivity index (χ1v) is 9.49. The molecule has 5 nitrogen and oxygen atoms in total. The summed E-state index contributed by atoms with van der Waals surface area (Å²) in [4.78, 5) is 17.3. The highest BCUT2D eigenvalue weighted by Crippen LogP contribution is 2.50. The molecule has 1 saturated carbocycles. The van der Waals surface area contributed by atoms with Crippen molar-refractivity contribution in [1.29, 1.82) is 0 Å². The Morgan fingerprint density at radius 3 is 2.67 bits per heavy atom. The quantitative estimate of drug-likeness (QED) is 0.655. The SMILES string of the molecule is CC(C)c1nc(-c2ccccc2NC(=O)C2CC2c2ccccc2Cl)n[nH]1. The topological polar surface area (TPSA) is 70.7 Å². The summed E-state index contributed by atoms with van der Waals surface area (Å²) in [5, 5.41) is 11.0. The van der Waals surface area contributed by atoms with E-state index in [2.05, 4.69) is 34.3 Å². The van der Waals surface area contributed by atoms with E-state index in [0.29, 0.717) is 5.82 Å². The highest BCUT2D eigenvalue weighted by atomic mass is 35.5. The number of aromatic amines is 1. The van der Waals surface area contributed by atoms with Crippen molar-refractivity contribution < 1.29 is 4.79 Å². The van der Waals surface area contributed by atoms with E-state index in [1.165, 1.54) is 0 Å². The van der Waals surface area contributed by atoms with E-state index < -0.39 is 0 Å². The van der Waals surface area contributed by atoms with Gasteiger partial charge >= 0.3 is 0 Å². The van der Waals surface area contributed by atoms with Crippen LogP contribution in [0.25, 0.3) is 11.4 Å². The van der Waals surface area contributed by atoms with Crippen molar-refractivity contribution in [2.75, 3.05) is 5.32 Å². The van der Waals surface area contributed by atoms with E-state index in [-0.39, 0.29) is 23.7 Å². The summed E-state index contributed by atoms with van der Waals surface area (Å²) >= 11 is 6.27. The summed E-state index contributed by atoms with van der Waals surface area (Å²) in [5.41, 5.74) is 2.58. The lowest BCUT2D eigenvalue weighted by Crippen LogP contribution is -2.15. The molecule has 6 heteroatoms. The molecule has 2 atom stereocenters. The van der Waals surface area contributed by atoms with Gasteiger partial charge in [-0.15, -0.1) is 0 Å². The van der Waals surface area contributed by atoms with Gasteiger partial charge in [0.15, 0.2) is 5.82 Å². The lowest BCUT2D eigenvalue weighted by Gasteiger charge is -2.09. The molecule has 1 amide bonds. The van der Waals surface area contributed by atoms with Gasteiger partial charge in [-0.05, 0) is 36.1 Å². The molecule has 2 aromatic carbocycles. The number of carbonyl (C=O) groups excluding carboxylic acids is 1. The summed E-state index contributed by atoms with van der Waals surface area (Å²) in [7, 11) is 0. The summed E-state index contributed by atoms with van der Waals surface area (Å²) in [6.07, 6.45) is 0.815. The number of rotatable bonds is 5. The number of nitrogens with one attached hydrogen (secondary N) is 2. The number of aromatic nitrogens is 3. The molecule has 0 aliphatic heterocycles. The predicted molar refractivity (Wildman–Crippen MR) is 107 cm³/mol. The Labute approximate surface area is 163 Å². The third-order valence-electron chi connectivity index (χ3n) is 4.91. The molecular weight excluding hydrogens is 360 g/mol. The summed E-state index contributed by atoms with van der Waals surface area (Å²) in [5.74, 6) is 1.81. The smallest absolute Gasteiger partial charge is 0.228 e. The van der Waals surface area contributed by atoms with Gasteiger partial charge in [0.05, 0.1) is 5.69 Å². The molecule has 138 valence electrons. The number of anilines is 1. The van der Waals surface area contributed by atoms with Gasteiger partial charge in [-0.1, -0.05) is 55.8 Å². The van der Waals surface area contributed by atoms with Crippen LogP contribution in [0.2, 0.25) is 5.02 Å². The van der Waals surface area contributed by atoms with E-state index in [0.717, 1.165) is 34.1 Å². The fraction of sp³-hybridized carbons (Fsp3) is 0.286. The first kappa shape index (κ1) is 17.7. The minimum absolute atomic E-state index is 0.00647. The molecule has 0 saturated heterocycles. The van der Waals surface area contributed by atoms with Crippen LogP contribution in [0.5, 0.6) is 0 Å². The minimum Gasteiger partial charge on any atom is -0.325 e. The molecule has 1 fully saturated rings. The van der Waals surface area contributed by atoms with Gasteiger partial charge < -0.3 is 5.32 Å². The third-order valence-corrected chi connectivity index (χ3v) is 5.25. The number of halogens is 1. The molecule has 2 N–H and O–H groups in total. The van der Waals surface area contributed by atoms with Gasteiger partial charge in [0, 0.05) is 22.4 Å². The van der Waals surface area contributed by atoms with E-state index in [1.807, 2.05) is 48.5 Å². The van der Waals surface area contributed by atoms with Crippen molar-refractivity contribution in [2.45, 2.75) is 32.1 Å². The molecule has 0 spiro atoms. The zero-order valence-corrected chi connectivity index (χ0v) is 16.0. The van der Waals surface area contributed by atoms with E-state index >= 15 is 0 Å². The van der Waals surface area contributed by atoms with Gasteiger partial charge in [0.25, 0.3) is 0 Å². The van der Waals surface area contributed by atoms with Crippen LogP contribution in [0.4, 0.5) is 5.69 Å². The molecule has 1 aromatic heterocycles. The summed E-state index contributed by atoms with van der Waals surface area (Å²) in [6, 6.07) is 15.3. The molecule has 1 aliphatic carbocycles. The van der Waals surface area contributed by atoms with Crippen LogP contribution in [0, 0.1) is 5.92 Å². The van der Waals surface area contributed by atoms with Gasteiger partial charge in [-0.25, -0.2) is 4.98 Å². The highest BCUT2D eigenvalue weighted by molar-refractivity contribution is 6.31. The molecule has 2 unspecified atom stereocenters. The molecule has 4 rings (SSSR count). The average molecular weight is 381 g/mol. The second-order valence-electron chi connectivity index (χ2n) is 7.20. The van der Waals surface area contributed by atoms with Crippen molar-refractivity contribution in [3.05, 3.63) is 64.9 Å². The van der Waals surface area contributed by atoms with Crippen molar-refractivity contribution in [1.82, 2.24) is 15.2 Å². The number of H-pyrrole nitrogens is 1. The van der Waals surface area contributed by atoms with E-state index in [9.17, 15) is 4.79 Å². The van der Waals surface area contributed by atoms with Crippen LogP contribution in [0.15, 0.2) is 48.5 Å². The van der Waals surface area contributed by atoms with Crippen molar-refractivity contribution >= 4 is 23.2 Å². The largest absolute Gasteiger partial charge is 0.325 e. The lowest BCUT2D eigenvalue weighted by atomic mass is 10.1. The molecule has 27 heavy (non-hydrogen) atoms. The Morgan fingerprint density at radius 2 is 1.93 bits per heavy atom. The Balaban J connectivity index is 1.52. The Bertz CT molecular complexity index is 982. The van der Waals surface area contributed by atoms with Crippen LogP contribution in [0.1, 0.15) is 43.5 Å². The molecule has 0 bridgehead atoms. The fourth-order valence-electron chi connectivity index (χ4n) is 3.27. The molecule has 0 radical (unpaired) electrons. The van der Waals surface area contributed by atoms with Crippen LogP contribution in [-0.4, -0.2) is 21.1 Å². The van der Waals surface area contributed by atoms with Crippen molar-refractivity contribution in [3.8, 4) is 11.4 Å². The zero-order valence-electron chi connectivity index (χ0n) is 15.2. The Hall–Kier alpha value is -2.66. The summed E-state index contributed by atoms with van der Waals surface area (Å²) < 4.78 is 0. The highest BCUT2D eigenvalue weighted by Gasteiger charge is 2.44. The third kappa shape index (κ3) is 3.60. The summed E-state index contributed by atoms with van der Waals surface area (Å²) in [6.45, 7) is 4.11. The molecular formula is C21H21ClN4O. The number of amides is 1. The molecule has 1 aliphatic rings. The number of benzene rings is 2. The van der Waals surface area contributed by atoms with Gasteiger partial charge in [-0.2, -0.15) is 5.10 Å². The number of nitrogens with zero attached hydrogens (tertiary/aromatic N) is 2. The van der Waals surface area contributed by atoms with Gasteiger partial charge in [0.1, 0.15) is 5.82 Å². The van der Waals surface area contributed by atoms with Crippen LogP contribution < -0.4 is 5.32 Å². The monoisotopic (exact) mass is 380 g/mol. The first-order valence-electron chi connectivity index (χ1n) is 9.11. The van der Waals surface area contributed by atoms with Gasteiger partial charge in [0.2, 0.25) is 5.91 Å². The minimum atomic E-state index is -0.0590. The maximum Gasteiger partial charge on any atom is 0.228 e. The predicted octanol–water partition coefficient (Wildman–Crippen LogP) is 4.99. The van der Waals surface area contributed by atoms with E-state index in [4.69, 9.17) is 11.6 Å². The maximum absolute atomic E-state index is 12.8. The number of hydrogen-bond donors (Lipinski definition) is 2. The van der Waals surface area contributed by atoms with Crippen LogP contribution >= 0.6 is 11.6 Å². The Morgan fingerprint density at radius 1 is 1.19 bits per heavy atom. The number of carbonyl (C=O) groups is 1. The van der Waals surface area contributed by atoms with Gasteiger partial charge in [-0.3, -0.25) is 9.89 Å². The average Bonchev–Trinajstić information content (AvgIpc) is 3.30. The molecule has 1 heterocycles. The van der Waals surface area contributed by atoms with Crippen molar-refractivity contribution in [3.63, 3.8) is 0 Å². The maximum atomic E-state index is 12.8. The second-order valence-corrected chi connectivity index (χ2v) is 7.61.